The first-order valence-corrected chi connectivity index (χ1v) is 9.57. The van der Waals surface area contributed by atoms with Crippen LogP contribution in [-0.4, -0.2) is 24.3 Å². The van der Waals surface area contributed by atoms with Crippen LogP contribution >= 0.6 is 0 Å². The second-order valence-electron chi connectivity index (χ2n) is 7.01. The molecular weight excluding hydrogens is 370 g/mol. The first kappa shape index (κ1) is 21.9. The maximum Gasteiger partial charge on any atom is 0.244 e. The zero-order valence-corrected chi connectivity index (χ0v) is 16.7. The van der Waals surface area contributed by atoms with Gasteiger partial charge in [-0.3, -0.25) is 14.4 Å². The molecule has 2 rings (SSSR count). The fourth-order valence-electron chi connectivity index (χ4n) is 2.53. The van der Waals surface area contributed by atoms with Crippen molar-refractivity contribution in [1.29, 1.82) is 0 Å². The monoisotopic (exact) mass is 397 g/mol. The summed E-state index contributed by atoms with van der Waals surface area (Å²) in [7, 11) is 0. The molecule has 0 saturated carbocycles. The van der Waals surface area contributed by atoms with Crippen LogP contribution in [0.2, 0.25) is 0 Å². The highest BCUT2D eigenvalue weighted by Crippen LogP contribution is 2.12. The lowest BCUT2D eigenvalue weighted by atomic mass is 10.1. The maximum absolute atomic E-state index is 12.0. The molecule has 154 valence electrons. The molecule has 1 aromatic carbocycles. The lowest BCUT2D eigenvalue weighted by molar-refractivity contribution is -0.121. The summed E-state index contributed by atoms with van der Waals surface area (Å²) in [5, 5.41) is 8.31. The molecule has 0 aliphatic heterocycles. The predicted octanol–water partition coefficient (Wildman–Crippen LogP) is 3.10. The third-order valence-electron chi connectivity index (χ3n) is 3.89. The number of nitrogens with one attached hydrogen (secondary N) is 3. The number of carbonyl (C=O) groups is 3. The molecule has 0 atom stereocenters. The van der Waals surface area contributed by atoms with Crippen LogP contribution in [0.3, 0.4) is 0 Å². The van der Waals surface area contributed by atoms with Crippen molar-refractivity contribution in [3.63, 3.8) is 0 Å². The molecule has 0 saturated heterocycles. The Morgan fingerprint density at radius 2 is 1.90 bits per heavy atom. The molecule has 1 aromatic heterocycles. The average Bonchev–Trinajstić information content (AvgIpc) is 3.18. The topological polar surface area (TPSA) is 100 Å². The molecule has 2 aromatic rings. The van der Waals surface area contributed by atoms with Crippen molar-refractivity contribution in [3.8, 4) is 0 Å². The summed E-state index contributed by atoms with van der Waals surface area (Å²) in [5.41, 5.74) is 1.59. The Balaban J connectivity index is 1.68. The van der Waals surface area contributed by atoms with Crippen molar-refractivity contribution in [2.75, 3.05) is 11.9 Å². The molecule has 1 heterocycles. The minimum Gasteiger partial charge on any atom is -0.465 e. The molecule has 3 N–H and O–H groups in total. The highest BCUT2D eigenvalue weighted by molar-refractivity contribution is 5.92. The maximum atomic E-state index is 12.0. The van der Waals surface area contributed by atoms with Crippen LogP contribution in [0.4, 0.5) is 5.69 Å². The van der Waals surface area contributed by atoms with E-state index >= 15 is 0 Å². The minimum atomic E-state index is -0.293. The van der Waals surface area contributed by atoms with Crippen molar-refractivity contribution in [1.82, 2.24) is 10.6 Å². The summed E-state index contributed by atoms with van der Waals surface area (Å²) in [6, 6.07) is 10.8. The fourth-order valence-corrected chi connectivity index (χ4v) is 2.53. The van der Waals surface area contributed by atoms with Crippen molar-refractivity contribution in [3.05, 3.63) is 60.1 Å². The zero-order chi connectivity index (χ0) is 21.1. The van der Waals surface area contributed by atoms with E-state index in [1.165, 1.54) is 12.3 Å². The van der Waals surface area contributed by atoms with Gasteiger partial charge in [-0.1, -0.05) is 26.0 Å². The van der Waals surface area contributed by atoms with E-state index in [1.54, 1.807) is 18.2 Å². The Hall–Kier alpha value is -3.35. The number of furan rings is 1. The van der Waals surface area contributed by atoms with Gasteiger partial charge in [0, 0.05) is 37.7 Å². The van der Waals surface area contributed by atoms with Crippen LogP contribution in [0, 0.1) is 5.92 Å². The molecule has 7 heteroatoms. The molecule has 0 aliphatic rings. The lowest BCUT2D eigenvalue weighted by Crippen LogP contribution is -2.29. The van der Waals surface area contributed by atoms with Gasteiger partial charge in [-0.2, -0.15) is 0 Å². The zero-order valence-electron chi connectivity index (χ0n) is 16.7. The number of carbonyl (C=O) groups excluding carboxylic acids is 3. The fraction of sp³-hybridized carbons (Fsp3) is 0.318. The van der Waals surface area contributed by atoms with Gasteiger partial charge in [0.25, 0.3) is 0 Å². The third-order valence-corrected chi connectivity index (χ3v) is 3.89. The predicted molar refractivity (Wildman–Crippen MR) is 112 cm³/mol. The van der Waals surface area contributed by atoms with Gasteiger partial charge in [-0.05, 0) is 41.8 Å². The second-order valence-corrected chi connectivity index (χ2v) is 7.01. The molecule has 0 fully saturated rings. The van der Waals surface area contributed by atoms with Crippen LogP contribution in [0.15, 0.2) is 53.2 Å². The van der Waals surface area contributed by atoms with Crippen molar-refractivity contribution in [2.45, 2.75) is 33.2 Å². The van der Waals surface area contributed by atoms with Crippen LogP contribution in [0.5, 0.6) is 0 Å². The summed E-state index contributed by atoms with van der Waals surface area (Å²) in [4.78, 5) is 35.5. The number of hydrogen-bond donors (Lipinski definition) is 3. The van der Waals surface area contributed by atoms with E-state index in [0.717, 1.165) is 5.56 Å². The van der Waals surface area contributed by atoms with Crippen LogP contribution in [-0.2, 0) is 20.9 Å². The largest absolute Gasteiger partial charge is 0.465 e. The average molecular weight is 397 g/mol. The van der Waals surface area contributed by atoms with Gasteiger partial charge >= 0.3 is 0 Å². The molecule has 0 bridgehead atoms. The van der Waals surface area contributed by atoms with Crippen LogP contribution in [0.25, 0.3) is 6.08 Å². The minimum absolute atomic E-state index is 0.0296. The van der Waals surface area contributed by atoms with E-state index in [0.29, 0.717) is 30.3 Å². The Kier molecular flexibility index (Phi) is 8.69. The van der Waals surface area contributed by atoms with E-state index in [4.69, 9.17) is 4.42 Å². The standard InChI is InChI=1S/C22H27N3O4/c1-16(2)13-22(28)25-18-6-3-5-17(14-18)15-24-21(27)10-11-23-20(26)9-8-19-7-4-12-29-19/h3-9,12,14,16H,10-11,13,15H2,1-2H3,(H,23,26)(H,24,27)(H,25,28)/b9-8+. The van der Waals surface area contributed by atoms with Gasteiger partial charge < -0.3 is 20.4 Å². The Morgan fingerprint density at radius 3 is 2.62 bits per heavy atom. The smallest absolute Gasteiger partial charge is 0.244 e. The summed E-state index contributed by atoms with van der Waals surface area (Å²) in [5.74, 6) is 0.380. The number of rotatable bonds is 10. The van der Waals surface area contributed by atoms with Crippen LogP contribution in [0.1, 0.15) is 38.0 Å². The van der Waals surface area contributed by atoms with Gasteiger partial charge in [0.15, 0.2) is 0 Å². The number of benzene rings is 1. The highest BCUT2D eigenvalue weighted by atomic mass is 16.3. The SMILES string of the molecule is CC(C)CC(=O)Nc1cccc(CNC(=O)CCNC(=O)/C=C/c2ccco2)c1. The summed E-state index contributed by atoms with van der Waals surface area (Å²) in [6.45, 7) is 4.56. The molecule has 29 heavy (non-hydrogen) atoms. The summed E-state index contributed by atoms with van der Waals surface area (Å²) in [6.07, 6.45) is 5.07. The van der Waals surface area contributed by atoms with E-state index in [9.17, 15) is 14.4 Å². The van der Waals surface area contributed by atoms with Crippen molar-refractivity contribution >= 4 is 29.5 Å². The van der Waals surface area contributed by atoms with Gasteiger partial charge in [0.1, 0.15) is 5.76 Å². The van der Waals surface area contributed by atoms with Gasteiger partial charge in [-0.25, -0.2) is 0 Å². The third kappa shape index (κ3) is 8.92. The normalized spacial score (nSPS) is 10.9. The van der Waals surface area contributed by atoms with E-state index in [1.807, 2.05) is 38.1 Å². The van der Waals surface area contributed by atoms with Crippen LogP contribution < -0.4 is 16.0 Å². The number of amides is 3. The Labute approximate surface area is 170 Å². The van der Waals surface area contributed by atoms with Crippen molar-refractivity contribution in [2.24, 2.45) is 5.92 Å². The first-order valence-electron chi connectivity index (χ1n) is 9.57. The number of anilines is 1. The highest BCUT2D eigenvalue weighted by Gasteiger charge is 2.07. The molecule has 0 unspecified atom stereocenters. The lowest BCUT2D eigenvalue weighted by Gasteiger charge is -2.10. The van der Waals surface area contributed by atoms with E-state index < -0.39 is 0 Å². The van der Waals surface area contributed by atoms with Gasteiger partial charge in [0.05, 0.1) is 6.26 Å². The second kappa shape index (κ2) is 11.5. The Morgan fingerprint density at radius 1 is 1.07 bits per heavy atom. The number of hydrogen-bond acceptors (Lipinski definition) is 4. The molecule has 7 nitrogen and oxygen atoms in total. The quantitative estimate of drug-likeness (QED) is 0.536. The molecule has 3 amide bonds. The van der Waals surface area contributed by atoms with Gasteiger partial charge in [0.2, 0.25) is 17.7 Å². The molecule has 0 aliphatic carbocycles. The Bertz CT molecular complexity index is 842. The van der Waals surface area contributed by atoms with E-state index in [-0.39, 0.29) is 30.7 Å². The van der Waals surface area contributed by atoms with Gasteiger partial charge in [-0.15, -0.1) is 0 Å². The van der Waals surface area contributed by atoms with Crippen molar-refractivity contribution < 1.29 is 18.8 Å². The van der Waals surface area contributed by atoms with E-state index in [2.05, 4.69) is 16.0 Å². The molecule has 0 spiro atoms. The molecular formula is C22H27N3O4. The summed E-state index contributed by atoms with van der Waals surface area (Å²) >= 11 is 0. The first-order chi connectivity index (χ1) is 13.9. The summed E-state index contributed by atoms with van der Waals surface area (Å²) < 4.78 is 5.09. The molecule has 0 radical (unpaired) electrons.